The fourth-order valence-electron chi connectivity index (χ4n) is 1.41. The van der Waals surface area contributed by atoms with Gasteiger partial charge in [0.25, 0.3) is 10.0 Å². The SMILES string of the molecule is Cc1ccc(S(=O)(=O)n2ccc(F)c2Br)cc1Cl. The third kappa shape index (κ3) is 2.20. The third-order valence-corrected chi connectivity index (χ3v) is 5.52. The zero-order valence-corrected chi connectivity index (χ0v) is 12.4. The summed E-state index contributed by atoms with van der Waals surface area (Å²) in [7, 11) is -3.84. The summed E-state index contributed by atoms with van der Waals surface area (Å²) in [6, 6.07) is 5.44. The average Bonchev–Trinajstić information content (AvgIpc) is 2.64. The second-order valence-corrected chi connectivity index (χ2v) is 6.64. The number of aromatic nitrogens is 1. The van der Waals surface area contributed by atoms with E-state index in [9.17, 15) is 12.8 Å². The summed E-state index contributed by atoms with van der Waals surface area (Å²) in [5.74, 6) is -0.642. The molecule has 0 aliphatic carbocycles. The van der Waals surface area contributed by atoms with Crippen LogP contribution in [0, 0.1) is 12.7 Å². The van der Waals surface area contributed by atoms with Gasteiger partial charge in [-0.3, -0.25) is 0 Å². The quantitative estimate of drug-likeness (QED) is 0.828. The first-order valence-corrected chi connectivity index (χ1v) is 7.49. The van der Waals surface area contributed by atoms with Crippen LogP contribution in [0.2, 0.25) is 5.02 Å². The number of benzene rings is 1. The lowest BCUT2D eigenvalue weighted by atomic mass is 10.2. The number of hydrogen-bond acceptors (Lipinski definition) is 2. The van der Waals surface area contributed by atoms with Crippen LogP contribution in [0.15, 0.2) is 40.0 Å². The molecule has 1 aromatic carbocycles. The first-order valence-electron chi connectivity index (χ1n) is 4.88. The van der Waals surface area contributed by atoms with Crippen LogP contribution in [0.3, 0.4) is 0 Å². The molecule has 2 rings (SSSR count). The summed E-state index contributed by atoms with van der Waals surface area (Å²) in [6.45, 7) is 1.77. The fourth-order valence-corrected chi connectivity index (χ4v) is 3.73. The molecule has 2 aromatic rings. The van der Waals surface area contributed by atoms with E-state index >= 15 is 0 Å². The van der Waals surface area contributed by atoms with Gasteiger partial charge in [0.1, 0.15) is 4.60 Å². The number of nitrogens with zero attached hydrogens (tertiary/aromatic N) is 1. The molecule has 1 aromatic heterocycles. The van der Waals surface area contributed by atoms with E-state index in [1.54, 1.807) is 13.0 Å². The van der Waals surface area contributed by atoms with Gasteiger partial charge in [-0.1, -0.05) is 17.7 Å². The van der Waals surface area contributed by atoms with Gasteiger partial charge >= 0.3 is 0 Å². The van der Waals surface area contributed by atoms with Crippen molar-refractivity contribution in [3.63, 3.8) is 0 Å². The van der Waals surface area contributed by atoms with E-state index in [0.717, 1.165) is 21.8 Å². The Morgan fingerprint density at radius 1 is 1.33 bits per heavy atom. The monoisotopic (exact) mass is 351 g/mol. The Balaban J connectivity index is 2.62. The highest BCUT2D eigenvalue weighted by Gasteiger charge is 2.21. The van der Waals surface area contributed by atoms with Crippen molar-refractivity contribution >= 4 is 37.6 Å². The average molecular weight is 353 g/mol. The normalized spacial score (nSPS) is 11.8. The van der Waals surface area contributed by atoms with Crippen LogP contribution < -0.4 is 0 Å². The summed E-state index contributed by atoms with van der Waals surface area (Å²) in [6.07, 6.45) is 1.14. The van der Waals surface area contributed by atoms with Crippen LogP contribution >= 0.6 is 27.5 Å². The molecule has 0 spiro atoms. The molecule has 0 aliphatic rings. The topological polar surface area (TPSA) is 39.1 Å². The molecular formula is C11H8BrClFNO2S. The molecule has 0 saturated carbocycles. The molecule has 3 nitrogen and oxygen atoms in total. The Kier molecular flexibility index (Phi) is 3.53. The van der Waals surface area contributed by atoms with Crippen molar-refractivity contribution in [2.24, 2.45) is 0 Å². The highest BCUT2D eigenvalue weighted by molar-refractivity contribution is 9.10. The number of hydrogen-bond donors (Lipinski definition) is 0. The minimum atomic E-state index is -3.84. The second-order valence-electron chi connectivity index (χ2n) is 3.67. The summed E-state index contributed by atoms with van der Waals surface area (Å²) >= 11 is 8.78. The minimum absolute atomic E-state index is 0.00870. The largest absolute Gasteiger partial charge is 0.268 e. The van der Waals surface area contributed by atoms with Crippen LogP contribution in [-0.2, 0) is 10.0 Å². The van der Waals surface area contributed by atoms with Crippen molar-refractivity contribution in [1.29, 1.82) is 0 Å². The first-order chi connectivity index (χ1) is 8.34. The van der Waals surface area contributed by atoms with Gasteiger partial charge in [0.2, 0.25) is 0 Å². The Bertz CT molecular complexity index is 712. The summed E-state index contributed by atoms with van der Waals surface area (Å²) in [5, 5.41) is 0.347. The maximum Gasteiger partial charge on any atom is 0.268 e. The lowest BCUT2D eigenvalue weighted by Gasteiger charge is -2.08. The Hall–Kier alpha value is -0.850. The van der Waals surface area contributed by atoms with Crippen LogP contribution in [0.25, 0.3) is 0 Å². The molecule has 0 aliphatic heterocycles. The number of halogens is 3. The summed E-state index contributed by atoms with van der Waals surface area (Å²) < 4.78 is 38.3. The lowest BCUT2D eigenvalue weighted by molar-refractivity contribution is 0.581. The van der Waals surface area contributed by atoms with Crippen molar-refractivity contribution in [2.75, 3.05) is 0 Å². The summed E-state index contributed by atoms with van der Waals surface area (Å²) in [4.78, 5) is 0.00870. The van der Waals surface area contributed by atoms with Gasteiger partial charge in [0.15, 0.2) is 5.82 Å². The van der Waals surface area contributed by atoms with Gasteiger partial charge < -0.3 is 0 Å². The van der Waals surface area contributed by atoms with Gasteiger partial charge in [-0.15, -0.1) is 0 Å². The van der Waals surface area contributed by atoms with Crippen LogP contribution in [-0.4, -0.2) is 12.4 Å². The Labute approximate surface area is 117 Å². The molecule has 0 fully saturated rings. The van der Waals surface area contributed by atoms with Gasteiger partial charge in [-0.05, 0) is 46.6 Å². The molecule has 1 heterocycles. The van der Waals surface area contributed by atoms with Crippen molar-refractivity contribution in [3.05, 3.63) is 51.5 Å². The maximum atomic E-state index is 13.2. The lowest BCUT2D eigenvalue weighted by Crippen LogP contribution is -2.12. The molecule has 0 unspecified atom stereocenters. The van der Waals surface area contributed by atoms with Crippen molar-refractivity contribution in [3.8, 4) is 0 Å². The number of aryl methyl sites for hydroxylation is 1. The Morgan fingerprint density at radius 2 is 2.00 bits per heavy atom. The van der Waals surface area contributed by atoms with E-state index in [1.807, 2.05) is 0 Å². The number of rotatable bonds is 2. The molecule has 0 bridgehead atoms. The molecule has 0 amide bonds. The standard InChI is InChI=1S/C11H8BrClFNO2S/c1-7-2-3-8(6-9(7)13)18(16,17)15-5-4-10(14)11(15)12/h2-6H,1H3. The molecule has 0 N–H and O–H groups in total. The Morgan fingerprint density at radius 3 is 2.50 bits per heavy atom. The van der Waals surface area contributed by atoms with Crippen LogP contribution in [0.5, 0.6) is 0 Å². The van der Waals surface area contributed by atoms with Crippen LogP contribution in [0.1, 0.15) is 5.56 Å². The van der Waals surface area contributed by atoms with E-state index < -0.39 is 15.8 Å². The molecule has 96 valence electrons. The highest BCUT2D eigenvalue weighted by Crippen LogP contribution is 2.26. The van der Waals surface area contributed by atoms with E-state index in [2.05, 4.69) is 15.9 Å². The molecule has 0 radical (unpaired) electrons. The molecule has 18 heavy (non-hydrogen) atoms. The first kappa shape index (κ1) is 13.6. The van der Waals surface area contributed by atoms with E-state index in [4.69, 9.17) is 11.6 Å². The molecule has 0 saturated heterocycles. The second kappa shape index (κ2) is 4.68. The fraction of sp³-hybridized carbons (Fsp3) is 0.0909. The predicted molar refractivity (Wildman–Crippen MR) is 70.9 cm³/mol. The molecule has 7 heteroatoms. The van der Waals surface area contributed by atoms with Gasteiger partial charge in [-0.25, -0.2) is 16.8 Å². The van der Waals surface area contributed by atoms with E-state index in [-0.39, 0.29) is 9.50 Å². The van der Waals surface area contributed by atoms with Crippen molar-refractivity contribution in [2.45, 2.75) is 11.8 Å². The van der Waals surface area contributed by atoms with E-state index in [1.165, 1.54) is 12.1 Å². The molecule has 0 atom stereocenters. The van der Waals surface area contributed by atoms with Gasteiger partial charge in [-0.2, -0.15) is 0 Å². The van der Waals surface area contributed by atoms with Crippen LogP contribution in [0.4, 0.5) is 4.39 Å². The third-order valence-electron chi connectivity index (χ3n) is 2.45. The maximum absolute atomic E-state index is 13.2. The summed E-state index contributed by atoms with van der Waals surface area (Å²) in [5.41, 5.74) is 0.772. The minimum Gasteiger partial charge on any atom is -0.232 e. The zero-order valence-electron chi connectivity index (χ0n) is 9.19. The van der Waals surface area contributed by atoms with Gasteiger partial charge in [0, 0.05) is 11.2 Å². The van der Waals surface area contributed by atoms with Gasteiger partial charge in [0.05, 0.1) is 4.90 Å². The highest BCUT2D eigenvalue weighted by atomic mass is 79.9. The zero-order chi connectivity index (χ0) is 13.5. The van der Waals surface area contributed by atoms with E-state index in [0.29, 0.717) is 5.02 Å². The van der Waals surface area contributed by atoms with Crippen molar-refractivity contribution < 1.29 is 12.8 Å². The predicted octanol–water partition coefficient (Wildman–Crippen LogP) is 3.59. The smallest absolute Gasteiger partial charge is 0.232 e. The van der Waals surface area contributed by atoms with Crippen molar-refractivity contribution in [1.82, 2.24) is 3.97 Å². The molecular weight excluding hydrogens is 345 g/mol.